The van der Waals surface area contributed by atoms with E-state index >= 15 is 0 Å². The molecule has 0 saturated heterocycles. The van der Waals surface area contributed by atoms with Crippen LogP contribution in [0.3, 0.4) is 0 Å². The van der Waals surface area contributed by atoms with Gasteiger partial charge in [0, 0.05) is 24.1 Å². The standard InChI is InChI=1S/C13H16FN3O2/c1-3-12-16-17-13(19-12)7-18-9-4-5-10(8(2)15)11(14)6-9/h4-6,8H,3,7,15H2,1-2H3/t8-/m1/s1. The van der Waals surface area contributed by atoms with Crippen LogP contribution in [0.2, 0.25) is 0 Å². The number of halogens is 1. The number of hydrogen-bond acceptors (Lipinski definition) is 5. The number of aryl methyl sites for hydroxylation is 1. The molecule has 0 aliphatic carbocycles. The summed E-state index contributed by atoms with van der Waals surface area (Å²) in [5.74, 6) is 0.941. The highest BCUT2D eigenvalue weighted by molar-refractivity contribution is 5.30. The van der Waals surface area contributed by atoms with Crippen molar-refractivity contribution in [1.29, 1.82) is 0 Å². The van der Waals surface area contributed by atoms with Gasteiger partial charge in [-0.3, -0.25) is 0 Å². The molecule has 19 heavy (non-hydrogen) atoms. The SMILES string of the molecule is CCc1nnc(COc2ccc([C@@H](C)N)c(F)c2)o1. The Kier molecular flexibility index (Phi) is 4.11. The molecule has 2 aromatic rings. The average molecular weight is 265 g/mol. The van der Waals surface area contributed by atoms with Crippen molar-refractivity contribution < 1.29 is 13.5 Å². The Labute approximate surface area is 110 Å². The molecule has 0 aliphatic rings. The lowest BCUT2D eigenvalue weighted by Gasteiger charge is -2.09. The summed E-state index contributed by atoms with van der Waals surface area (Å²) in [6.07, 6.45) is 0.671. The Bertz CT molecular complexity index is 555. The lowest BCUT2D eigenvalue weighted by atomic mass is 10.1. The molecule has 0 radical (unpaired) electrons. The minimum absolute atomic E-state index is 0.115. The van der Waals surface area contributed by atoms with Crippen LogP contribution >= 0.6 is 0 Å². The highest BCUT2D eigenvalue weighted by Crippen LogP contribution is 2.21. The minimum atomic E-state index is -0.382. The number of rotatable bonds is 5. The first-order valence-corrected chi connectivity index (χ1v) is 6.09. The summed E-state index contributed by atoms with van der Waals surface area (Å²) in [5, 5.41) is 7.63. The molecule has 6 heteroatoms. The predicted molar refractivity (Wildman–Crippen MR) is 67.0 cm³/mol. The fraction of sp³-hybridized carbons (Fsp3) is 0.385. The maximum absolute atomic E-state index is 13.7. The van der Waals surface area contributed by atoms with Crippen LogP contribution in [0.15, 0.2) is 22.6 Å². The van der Waals surface area contributed by atoms with Gasteiger partial charge in [-0.05, 0) is 13.0 Å². The maximum Gasteiger partial charge on any atom is 0.253 e. The second kappa shape index (κ2) is 5.79. The fourth-order valence-electron chi connectivity index (χ4n) is 1.60. The summed E-state index contributed by atoms with van der Waals surface area (Å²) in [7, 11) is 0. The first-order valence-electron chi connectivity index (χ1n) is 6.09. The summed E-state index contributed by atoms with van der Waals surface area (Å²) < 4.78 is 24.3. The van der Waals surface area contributed by atoms with E-state index in [1.165, 1.54) is 6.07 Å². The predicted octanol–water partition coefficient (Wildman–Crippen LogP) is 2.37. The van der Waals surface area contributed by atoms with Gasteiger partial charge in [0.25, 0.3) is 5.89 Å². The summed E-state index contributed by atoms with van der Waals surface area (Å²) in [6, 6.07) is 4.23. The highest BCUT2D eigenvalue weighted by atomic mass is 19.1. The third-order valence-corrected chi connectivity index (χ3v) is 2.64. The van der Waals surface area contributed by atoms with Crippen molar-refractivity contribution in [2.24, 2.45) is 5.73 Å². The summed E-state index contributed by atoms with van der Waals surface area (Å²) in [4.78, 5) is 0. The molecule has 5 nitrogen and oxygen atoms in total. The zero-order chi connectivity index (χ0) is 13.8. The molecule has 0 saturated carbocycles. The molecule has 2 rings (SSSR count). The van der Waals surface area contributed by atoms with Crippen molar-refractivity contribution in [3.63, 3.8) is 0 Å². The Morgan fingerprint density at radius 2 is 2.11 bits per heavy atom. The largest absolute Gasteiger partial charge is 0.484 e. The minimum Gasteiger partial charge on any atom is -0.484 e. The van der Waals surface area contributed by atoms with Gasteiger partial charge in [-0.25, -0.2) is 4.39 Å². The van der Waals surface area contributed by atoms with Crippen molar-refractivity contribution >= 4 is 0 Å². The topological polar surface area (TPSA) is 74.2 Å². The number of aromatic nitrogens is 2. The van der Waals surface area contributed by atoms with Crippen LogP contribution in [0.1, 0.15) is 37.2 Å². The Balaban J connectivity index is 2.01. The second-order valence-electron chi connectivity index (χ2n) is 4.20. The van der Waals surface area contributed by atoms with Gasteiger partial charge in [0.2, 0.25) is 5.89 Å². The van der Waals surface area contributed by atoms with Crippen molar-refractivity contribution in [1.82, 2.24) is 10.2 Å². The van der Waals surface area contributed by atoms with Crippen LogP contribution in [-0.2, 0) is 13.0 Å². The van der Waals surface area contributed by atoms with Gasteiger partial charge in [-0.2, -0.15) is 0 Å². The van der Waals surface area contributed by atoms with Crippen molar-refractivity contribution in [3.05, 3.63) is 41.4 Å². The molecule has 1 atom stereocenters. The fourth-order valence-corrected chi connectivity index (χ4v) is 1.60. The summed E-state index contributed by atoms with van der Waals surface area (Å²) in [6.45, 7) is 3.76. The normalized spacial score (nSPS) is 12.4. The van der Waals surface area contributed by atoms with Gasteiger partial charge in [0.1, 0.15) is 11.6 Å². The lowest BCUT2D eigenvalue weighted by Crippen LogP contribution is -2.07. The van der Waals surface area contributed by atoms with Crippen LogP contribution in [0.25, 0.3) is 0 Å². The van der Waals surface area contributed by atoms with Crippen LogP contribution in [0, 0.1) is 5.82 Å². The van der Waals surface area contributed by atoms with Crippen molar-refractivity contribution in [2.45, 2.75) is 32.9 Å². The molecular formula is C13H16FN3O2. The molecule has 0 bridgehead atoms. The zero-order valence-electron chi connectivity index (χ0n) is 10.9. The molecule has 0 unspecified atom stereocenters. The number of ether oxygens (including phenoxy) is 1. The Morgan fingerprint density at radius 3 is 2.68 bits per heavy atom. The van der Waals surface area contributed by atoms with Gasteiger partial charge in [0.05, 0.1) is 0 Å². The average Bonchev–Trinajstić information content (AvgIpc) is 2.84. The third kappa shape index (κ3) is 3.29. The van der Waals surface area contributed by atoms with E-state index in [-0.39, 0.29) is 18.5 Å². The Hall–Kier alpha value is -1.95. The van der Waals surface area contributed by atoms with E-state index in [2.05, 4.69) is 10.2 Å². The van der Waals surface area contributed by atoms with E-state index in [4.69, 9.17) is 14.9 Å². The molecule has 0 spiro atoms. The molecule has 0 amide bonds. The number of hydrogen-bond donors (Lipinski definition) is 1. The van der Waals surface area contributed by atoms with Gasteiger partial charge in [0.15, 0.2) is 6.61 Å². The van der Waals surface area contributed by atoms with Crippen molar-refractivity contribution in [2.75, 3.05) is 0 Å². The molecule has 0 fully saturated rings. The van der Waals surface area contributed by atoms with Crippen LogP contribution in [0.5, 0.6) is 5.75 Å². The smallest absolute Gasteiger partial charge is 0.253 e. The first kappa shape index (κ1) is 13.5. The number of benzene rings is 1. The van der Waals surface area contributed by atoms with E-state index in [1.807, 2.05) is 6.92 Å². The van der Waals surface area contributed by atoms with E-state index in [9.17, 15) is 4.39 Å². The molecule has 102 valence electrons. The van der Waals surface area contributed by atoms with Crippen molar-refractivity contribution in [3.8, 4) is 5.75 Å². The van der Waals surface area contributed by atoms with Gasteiger partial charge < -0.3 is 14.9 Å². The molecular weight excluding hydrogens is 249 g/mol. The molecule has 2 N–H and O–H groups in total. The number of nitrogens with zero attached hydrogens (tertiary/aromatic N) is 2. The lowest BCUT2D eigenvalue weighted by molar-refractivity contribution is 0.258. The Morgan fingerprint density at radius 1 is 1.37 bits per heavy atom. The van der Waals surface area contributed by atoms with E-state index in [0.29, 0.717) is 29.5 Å². The molecule has 1 aromatic carbocycles. The van der Waals surface area contributed by atoms with Gasteiger partial charge in [-0.1, -0.05) is 13.0 Å². The monoisotopic (exact) mass is 265 g/mol. The molecule has 1 heterocycles. The zero-order valence-corrected chi connectivity index (χ0v) is 10.9. The van der Waals surface area contributed by atoms with Gasteiger partial charge in [-0.15, -0.1) is 10.2 Å². The highest BCUT2D eigenvalue weighted by Gasteiger charge is 2.09. The first-order chi connectivity index (χ1) is 9.10. The maximum atomic E-state index is 13.7. The molecule has 0 aliphatic heterocycles. The van der Waals surface area contributed by atoms with Crippen LogP contribution < -0.4 is 10.5 Å². The third-order valence-electron chi connectivity index (χ3n) is 2.64. The van der Waals surface area contributed by atoms with Gasteiger partial charge >= 0.3 is 0 Å². The van der Waals surface area contributed by atoms with E-state index in [0.717, 1.165) is 0 Å². The summed E-state index contributed by atoms with van der Waals surface area (Å²) in [5.41, 5.74) is 6.09. The second-order valence-corrected chi connectivity index (χ2v) is 4.20. The summed E-state index contributed by atoms with van der Waals surface area (Å²) >= 11 is 0. The quantitative estimate of drug-likeness (QED) is 0.898. The number of nitrogens with two attached hydrogens (primary N) is 1. The van der Waals surface area contributed by atoms with E-state index < -0.39 is 0 Å². The molecule has 1 aromatic heterocycles. The van der Waals surface area contributed by atoms with E-state index in [1.54, 1.807) is 19.1 Å². The van der Waals surface area contributed by atoms with Crippen LogP contribution in [0.4, 0.5) is 4.39 Å². The van der Waals surface area contributed by atoms with Crippen LogP contribution in [-0.4, -0.2) is 10.2 Å².